The predicted octanol–water partition coefficient (Wildman–Crippen LogP) is 3.82. The van der Waals surface area contributed by atoms with Crippen molar-refractivity contribution in [1.82, 2.24) is 4.90 Å². The number of ether oxygens (including phenoxy) is 3. The van der Waals surface area contributed by atoms with Crippen molar-refractivity contribution in [3.8, 4) is 5.75 Å². The van der Waals surface area contributed by atoms with Gasteiger partial charge in [-0.1, -0.05) is 13.8 Å². The number of hydrogen-bond acceptors (Lipinski definition) is 7. The first-order chi connectivity index (χ1) is 18.3. The molecule has 10 nitrogen and oxygen atoms in total. The summed E-state index contributed by atoms with van der Waals surface area (Å²) in [4.78, 5) is 25.8. The molecule has 0 aromatic heterocycles. The van der Waals surface area contributed by atoms with E-state index in [1.165, 1.54) is 21.3 Å². The lowest BCUT2D eigenvalue weighted by atomic mass is 9.95. The molecule has 0 radical (unpaired) electrons. The Bertz CT molecular complexity index is 1300. The minimum absolute atomic E-state index is 0.0338. The average Bonchev–Trinajstić information content (AvgIpc) is 2.90. The van der Waals surface area contributed by atoms with Crippen LogP contribution >= 0.6 is 0 Å². The molecule has 1 heterocycles. The fourth-order valence-electron chi connectivity index (χ4n) is 4.43. The van der Waals surface area contributed by atoms with E-state index in [-0.39, 0.29) is 41.2 Å². The first kappa shape index (κ1) is 30.4. The van der Waals surface area contributed by atoms with Crippen LogP contribution in [0.15, 0.2) is 41.3 Å². The molecule has 0 atom stereocenters. The van der Waals surface area contributed by atoms with E-state index in [0.29, 0.717) is 42.9 Å². The van der Waals surface area contributed by atoms with Crippen molar-refractivity contribution in [1.29, 1.82) is 0 Å². The van der Waals surface area contributed by atoms with Gasteiger partial charge in [0.25, 0.3) is 15.9 Å². The minimum atomic E-state index is -4.17. The van der Waals surface area contributed by atoms with Gasteiger partial charge in [-0.15, -0.1) is 0 Å². The van der Waals surface area contributed by atoms with Gasteiger partial charge < -0.3 is 24.2 Å². The molecule has 2 aromatic carbocycles. The first-order valence-corrected chi connectivity index (χ1v) is 14.2. The van der Waals surface area contributed by atoms with Crippen LogP contribution in [-0.4, -0.2) is 83.5 Å². The van der Waals surface area contributed by atoms with E-state index in [1.807, 2.05) is 13.8 Å². The maximum Gasteiger partial charge on any atom is 0.339 e. The third-order valence-electron chi connectivity index (χ3n) is 6.75. The van der Waals surface area contributed by atoms with Crippen molar-refractivity contribution in [3.63, 3.8) is 0 Å². The average molecular weight is 563 g/mol. The SMILES string of the molecule is COC1(COc2ccc(S(=O)(=O)N(CC(C)C)c3ccc(C(=O)N(C)C)cc3C)cc2C(=O)O)CCOCC1. The molecule has 0 saturated carbocycles. The van der Waals surface area contributed by atoms with Gasteiger partial charge in [-0.25, -0.2) is 13.2 Å². The molecule has 214 valence electrons. The number of carbonyl (C=O) groups excluding carboxylic acids is 1. The second-order valence-electron chi connectivity index (χ2n) is 10.4. The second-order valence-corrected chi connectivity index (χ2v) is 12.2. The maximum absolute atomic E-state index is 13.9. The highest BCUT2D eigenvalue weighted by atomic mass is 32.2. The number of rotatable bonds is 11. The van der Waals surface area contributed by atoms with Crippen LogP contribution in [0.25, 0.3) is 0 Å². The lowest BCUT2D eigenvalue weighted by Crippen LogP contribution is -2.43. The van der Waals surface area contributed by atoms with Gasteiger partial charge in [-0.05, 0) is 54.8 Å². The van der Waals surface area contributed by atoms with Gasteiger partial charge in [0.2, 0.25) is 0 Å². The minimum Gasteiger partial charge on any atom is -0.490 e. The number of aromatic carboxylic acids is 1. The number of benzene rings is 2. The molecule has 3 rings (SSSR count). The van der Waals surface area contributed by atoms with Gasteiger partial charge in [0.05, 0.1) is 10.6 Å². The smallest absolute Gasteiger partial charge is 0.339 e. The zero-order valence-electron chi connectivity index (χ0n) is 23.4. The number of sulfonamides is 1. The van der Waals surface area contributed by atoms with E-state index in [9.17, 15) is 23.1 Å². The van der Waals surface area contributed by atoms with Crippen molar-refractivity contribution in [2.45, 2.75) is 44.1 Å². The predicted molar refractivity (Wildman–Crippen MR) is 147 cm³/mol. The van der Waals surface area contributed by atoms with Gasteiger partial charge in [0, 0.05) is 59.4 Å². The molecule has 0 bridgehead atoms. The van der Waals surface area contributed by atoms with E-state index >= 15 is 0 Å². The Labute approximate surface area is 230 Å². The normalized spacial score (nSPS) is 15.2. The Balaban J connectivity index is 1.99. The number of carboxylic acid groups (broad SMARTS) is 1. The fourth-order valence-corrected chi connectivity index (χ4v) is 6.15. The van der Waals surface area contributed by atoms with E-state index in [4.69, 9.17) is 14.2 Å². The van der Waals surface area contributed by atoms with Gasteiger partial charge >= 0.3 is 5.97 Å². The Morgan fingerprint density at radius 2 is 1.77 bits per heavy atom. The Morgan fingerprint density at radius 1 is 1.10 bits per heavy atom. The molecular formula is C28H38N2O8S. The van der Waals surface area contributed by atoms with Crippen molar-refractivity contribution in [2.24, 2.45) is 5.92 Å². The highest BCUT2D eigenvalue weighted by Gasteiger charge is 2.34. The zero-order valence-corrected chi connectivity index (χ0v) is 24.2. The van der Waals surface area contributed by atoms with Crippen LogP contribution in [0.1, 0.15) is 53.0 Å². The van der Waals surface area contributed by atoms with E-state index in [0.717, 1.165) is 6.07 Å². The molecule has 1 aliphatic heterocycles. The summed E-state index contributed by atoms with van der Waals surface area (Å²) in [5.41, 5.74) is 0.591. The second kappa shape index (κ2) is 12.4. The Hall–Kier alpha value is -3.15. The van der Waals surface area contributed by atoms with Crippen LogP contribution in [0.3, 0.4) is 0 Å². The summed E-state index contributed by atoms with van der Waals surface area (Å²) >= 11 is 0. The number of hydrogen-bond donors (Lipinski definition) is 1. The lowest BCUT2D eigenvalue weighted by molar-refractivity contribution is -0.110. The van der Waals surface area contributed by atoms with Crippen molar-refractivity contribution in [2.75, 3.05) is 51.9 Å². The molecule has 39 heavy (non-hydrogen) atoms. The number of nitrogens with zero attached hydrogens (tertiary/aromatic N) is 2. The van der Waals surface area contributed by atoms with Crippen molar-refractivity contribution < 1.29 is 37.3 Å². The molecule has 1 N–H and O–H groups in total. The first-order valence-electron chi connectivity index (χ1n) is 12.8. The number of aryl methyl sites for hydroxylation is 1. The summed E-state index contributed by atoms with van der Waals surface area (Å²) in [7, 11) is 0.704. The highest BCUT2D eigenvalue weighted by Crippen LogP contribution is 2.32. The number of carboxylic acids is 1. The highest BCUT2D eigenvalue weighted by molar-refractivity contribution is 7.92. The molecule has 2 aromatic rings. The number of amides is 1. The zero-order chi connectivity index (χ0) is 29.0. The Morgan fingerprint density at radius 3 is 2.31 bits per heavy atom. The molecule has 1 saturated heterocycles. The molecule has 1 amide bonds. The van der Waals surface area contributed by atoms with Crippen LogP contribution in [0.2, 0.25) is 0 Å². The summed E-state index contributed by atoms with van der Waals surface area (Å²) in [5.74, 6) is -1.48. The molecule has 1 aliphatic rings. The summed E-state index contributed by atoms with van der Waals surface area (Å²) in [6.45, 7) is 6.81. The fraction of sp³-hybridized carbons (Fsp3) is 0.500. The van der Waals surface area contributed by atoms with E-state index < -0.39 is 21.6 Å². The largest absolute Gasteiger partial charge is 0.490 e. The van der Waals surface area contributed by atoms with Crippen LogP contribution in [0, 0.1) is 12.8 Å². The number of anilines is 1. The number of methoxy groups -OCH3 is 1. The van der Waals surface area contributed by atoms with Crippen molar-refractivity contribution >= 4 is 27.6 Å². The van der Waals surface area contributed by atoms with Crippen LogP contribution < -0.4 is 9.04 Å². The van der Waals surface area contributed by atoms with E-state index in [2.05, 4.69) is 0 Å². The standard InChI is InChI=1S/C28H38N2O8S/c1-19(2)17-30(24-9-7-21(15-20(24)3)26(31)29(4)5)39(34,35)22-8-10-25(23(16-22)27(32)33)38-18-28(36-6)11-13-37-14-12-28/h7-10,15-16,19H,11-14,17-18H2,1-6H3,(H,32,33). The third kappa shape index (κ3) is 6.90. The summed E-state index contributed by atoms with van der Waals surface area (Å²) < 4.78 is 46.0. The van der Waals surface area contributed by atoms with Crippen molar-refractivity contribution in [3.05, 3.63) is 53.1 Å². The maximum atomic E-state index is 13.9. The molecule has 11 heteroatoms. The molecule has 0 aliphatic carbocycles. The quantitative estimate of drug-likeness (QED) is 0.439. The van der Waals surface area contributed by atoms with E-state index in [1.54, 1.807) is 46.3 Å². The number of carbonyl (C=O) groups is 2. The summed E-state index contributed by atoms with van der Waals surface area (Å²) in [6.07, 6.45) is 1.20. The van der Waals surface area contributed by atoms with Gasteiger partial charge in [-0.2, -0.15) is 0 Å². The third-order valence-corrected chi connectivity index (χ3v) is 8.52. The lowest BCUT2D eigenvalue weighted by Gasteiger charge is -2.35. The van der Waals surface area contributed by atoms with Crippen LogP contribution in [-0.2, 0) is 19.5 Å². The van der Waals surface area contributed by atoms with Gasteiger partial charge in [0.15, 0.2) is 0 Å². The topological polar surface area (TPSA) is 123 Å². The molecule has 0 spiro atoms. The van der Waals surface area contributed by atoms with Gasteiger partial charge in [-0.3, -0.25) is 9.10 Å². The van der Waals surface area contributed by atoms with Gasteiger partial charge in [0.1, 0.15) is 23.5 Å². The summed E-state index contributed by atoms with van der Waals surface area (Å²) in [6, 6.07) is 8.71. The van der Waals surface area contributed by atoms with Crippen LogP contribution in [0.4, 0.5) is 5.69 Å². The monoisotopic (exact) mass is 562 g/mol. The molecule has 0 unspecified atom stereocenters. The summed E-state index contributed by atoms with van der Waals surface area (Å²) in [5, 5.41) is 9.91. The van der Waals surface area contributed by atoms with Crippen LogP contribution in [0.5, 0.6) is 5.75 Å². The molecular weight excluding hydrogens is 524 g/mol. The Kier molecular flexibility index (Phi) is 9.63. The molecule has 1 fully saturated rings.